The van der Waals surface area contributed by atoms with Crippen LogP contribution >= 0.6 is 12.4 Å². The lowest BCUT2D eigenvalue weighted by atomic mass is 9.89. The van der Waals surface area contributed by atoms with Crippen molar-refractivity contribution in [2.45, 2.75) is 70.0 Å². The van der Waals surface area contributed by atoms with Crippen molar-refractivity contribution < 1.29 is 9.53 Å². The summed E-state index contributed by atoms with van der Waals surface area (Å²) >= 11 is 0. The van der Waals surface area contributed by atoms with E-state index in [0.29, 0.717) is 24.4 Å². The summed E-state index contributed by atoms with van der Waals surface area (Å²) in [5.41, 5.74) is 1.28. The van der Waals surface area contributed by atoms with Gasteiger partial charge in [-0.25, -0.2) is 0 Å². The van der Waals surface area contributed by atoms with Crippen LogP contribution in [0.3, 0.4) is 0 Å². The number of nitrogens with one attached hydrogen (secondary N) is 2. The van der Waals surface area contributed by atoms with E-state index in [4.69, 9.17) is 4.74 Å². The predicted octanol–water partition coefficient (Wildman–Crippen LogP) is 3.48. The molecule has 2 aliphatic rings. The monoisotopic (exact) mass is 366 g/mol. The average molecular weight is 367 g/mol. The van der Waals surface area contributed by atoms with E-state index in [1.54, 1.807) is 7.11 Å². The highest BCUT2D eigenvalue weighted by atomic mass is 35.5. The number of amides is 1. The lowest BCUT2D eigenvalue weighted by Crippen LogP contribution is -2.40. The Kier molecular flexibility index (Phi) is 7.57. The lowest BCUT2D eigenvalue weighted by Gasteiger charge is -2.29. The molecule has 3 atom stereocenters. The minimum absolute atomic E-state index is 0. The van der Waals surface area contributed by atoms with E-state index in [1.165, 1.54) is 31.2 Å². The van der Waals surface area contributed by atoms with Crippen LogP contribution in [0.1, 0.15) is 51.0 Å². The van der Waals surface area contributed by atoms with Gasteiger partial charge in [0.2, 0.25) is 5.91 Å². The summed E-state index contributed by atoms with van der Waals surface area (Å²) in [6.45, 7) is 2.10. The zero-order chi connectivity index (χ0) is 16.9. The SMILES string of the molecule is COc1ccc(CCC(C)NC(=O)CC2CC3CCC(C2)N3)cc1.Cl. The highest BCUT2D eigenvalue weighted by molar-refractivity contribution is 5.85. The molecule has 140 valence electrons. The van der Waals surface area contributed by atoms with Crippen molar-refractivity contribution in [3.8, 4) is 5.75 Å². The van der Waals surface area contributed by atoms with Gasteiger partial charge in [0.1, 0.15) is 5.75 Å². The van der Waals surface area contributed by atoms with Gasteiger partial charge in [0.25, 0.3) is 0 Å². The third-order valence-corrected chi connectivity index (χ3v) is 5.48. The molecule has 4 nitrogen and oxygen atoms in total. The first-order valence-electron chi connectivity index (χ1n) is 9.30. The van der Waals surface area contributed by atoms with Crippen molar-refractivity contribution in [1.82, 2.24) is 10.6 Å². The van der Waals surface area contributed by atoms with E-state index in [2.05, 4.69) is 29.7 Å². The smallest absolute Gasteiger partial charge is 0.220 e. The van der Waals surface area contributed by atoms with E-state index in [1.807, 2.05) is 12.1 Å². The Hall–Kier alpha value is -1.26. The molecule has 5 heteroatoms. The molecular formula is C20H31ClN2O2. The minimum atomic E-state index is 0. The van der Waals surface area contributed by atoms with Crippen molar-refractivity contribution in [3.05, 3.63) is 29.8 Å². The molecule has 2 fully saturated rings. The Labute approximate surface area is 157 Å². The van der Waals surface area contributed by atoms with Gasteiger partial charge in [-0.3, -0.25) is 4.79 Å². The molecule has 0 aliphatic carbocycles. The first kappa shape index (κ1) is 20.1. The summed E-state index contributed by atoms with van der Waals surface area (Å²) in [5.74, 6) is 1.68. The summed E-state index contributed by atoms with van der Waals surface area (Å²) in [4.78, 5) is 12.3. The maximum Gasteiger partial charge on any atom is 0.220 e. The molecule has 0 radical (unpaired) electrons. The Balaban J connectivity index is 0.00000225. The first-order chi connectivity index (χ1) is 11.6. The Morgan fingerprint density at radius 2 is 1.88 bits per heavy atom. The number of benzene rings is 1. The van der Waals surface area contributed by atoms with Crippen LogP contribution in [-0.2, 0) is 11.2 Å². The van der Waals surface area contributed by atoms with Crippen molar-refractivity contribution in [3.63, 3.8) is 0 Å². The summed E-state index contributed by atoms with van der Waals surface area (Å²) < 4.78 is 5.18. The van der Waals surface area contributed by atoms with Gasteiger partial charge in [0.15, 0.2) is 0 Å². The molecule has 0 saturated carbocycles. The summed E-state index contributed by atoms with van der Waals surface area (Å²) in [7, 11) is 1.68. The Morgan fingerprint density at radius 1 is 1.24 bits per heavy atom. The molecule has 2 aliphatic heterocycles. The van der Waals surface area contributed by atoms with Crippen LogP contribution in [0.25, 0.3) is 0 Å². The van der Waals surface area contributed by atoms with Crippen LogP contribution in [-0.4, -0.2) is 31.1 Å². The summed E-state index contributed by atoms with van der Waals surface area (Å²) in [6.07, 6.45) is 7.57. The van der Waals surface area contributed by atoms with Crippen LogP contribution in [0.5, 0.6) is 5.75 Å². The lowest BCUT2D eigenvalue weighted by molar-refractivity contribution is -0.122. The largest absolute Gasteiger partial charge is 0.497 e. The fraction of sp³-hybridized carbons (Fsp3) is 0.650. The fourth-order valence-electron chi connectivity index (χ4n) is 4.19. The number of rotatable bonds is 7. The predicted molar refractivity (Wildman–Crippen MR) is 103 cm³/mol. The van der Waals surface area contributed by atoms with Gasteiger partial charge in [-0.05, 0) is 69.1 Å². The number of piperidine rings is 1. The topological polar surface area (TPSA) is 50.4 Å². The molecular weight excluding hydrogens is 336 g/mol. The third-order valence-electron chi connectivity index (χ3n) is 5.48. The number of hydrogen-bond acceptors (Lipinski definition) is 3. The van der Waals surface area contributed by atoms with Gasteiger partial charge in [-0.2, -0.15) is 0 Å². The van der Waals surface area contributed by atoms with Crippen molar-refractivity contribution in [1.29, 1.82) is 0 Å². The maximum absolute atomic E-state index is 12.3. The second-order valence-corrected chi connectivity index (χ2v) is 7.53. The zero-order valence-corrected chi connectivity index (χ0v) is 16.1. The Morgan fingerprint density at radius 3 is 2.48 bits per heavy atom. The van der Waals surface area contributed by atoms with Gasteiger partial charge in [-0.15, -0.1) is 12.4 Å². The van der Waals surface area contributed by atoms with E-state index in [0.717, 1.165) is 18.6 Å². The number of aryl methyl sites for hydroxylation is 1. The molecule has 1 aromatic rings. The Bertz CT molecular complexity index is 537. The van der Waals surface area contributed by atoms with Gasteiger partial charge in [0.05, 0.1) is 7.11 Å². The quantitative estimate of drug-likeness (QED) is 0.776. The normalized spacial score (nSPS) is 25.8. The molecule has 0 aromatic heterocycles. The summed E-state index contributed by atoms with van der Waals surface area (Å²) in [6, 6.07) is 9.71. The van der Waals surface area contributed by atoms with E-state index < -0.39 is 0 Å². The van der Waals surface area contributed by atoms with Crippen molar-refractivity contribution in [2.75, 3.05) is 7.11 Å². The highest BCUT2D eigenvalue weighted by Crippen LogP contribution is 2.32. The molecule has 2 N–H and O–H groups in total. The van der Waals surface area contributed by atoms with Gasteiger partial charge < -0.3 is 15.4 Å². The highest BCUT2D eigenvalue weighted by Gasteiger charge is 2.34. The van der Waals surface area contributed by atoms with E-state index >= 15 is 0 Å². The van der Waals surface area contributed by atoms with Gasteiger partial charge in [0, 0.05) is 24.5 Å². The minimum Gasteiger partial charge on any atom is -0.497 e. The van der Waals surface area contributed by atoms with Crippen LogP contribution in [0.15, 0.2) is 24.3 Å². The maximum atomic E-state index is 12.3. The van der Waals surface area contributed by atoms with Gasteiger partial charge in [-0.1, -0.05) is 12.1 Å². The second kappa shape index (κ2) is 9.44. The standard InChI is InChI=1S/C20H30N2O2.ClH/c1-14(3-4-15-5-9-19(24-2)10-6-15)21-20(23)13-16-11-17-7-8-18(12-16)22-17;/h5-6,9-10,14,16-18,22H,3-4,7-8,11-13H2,1-2H3,(H,21,23);1H. The molecule has 0 spiro atoms. The first-order valence-corrected chi connectivity index (χ1v) is 9.30. The number of fused-ring (bicyclic) bond motifs is 2. The van der Waals surface area contributed by atoms with E-state index in [-0.39, 0.29) is 24.4 Å². The average Bonchev–Trinajstić information content (AvgIpc) is 2.92. The van der Waals surface area contributed by atoms with Crippen LogP contribution in [0, 0.1) is 5.92 Å². The van der Waals surface area contributed by atoms with Crippen LogP contribution < -0.4 is 15.4 Å². The second-order valence-electron chi connectivity index (χ2n) is 7.53. The number of carbonyl (C=O) groups excluding carboxylic acids is 1. The molecule has 2 bridgehead atoms. The third kappa shape index (κ3) is 5.89. The number of methoxy groups -OCH3 is 1. The van der Waals surface area contributed by atoms with Crippen LogP contribution in [0.2, 0.25) is 0 Å². The van der Waals surface area contributed by atoms with Crippen molar-refractivity contribution in [2.24, 2.45) is 5.92 Å². The molecule has 1 aromatic carbocycles. The summed E-state index contributed by atoms with van der Waals surface area (Å²) in [5, 5.41) is 6.83. The van der Waals surface area contributed by atoms with Crippen LogP contribution in [0.4, 0.5) is 0 Å². The molecule has 3 unspecified atom stereocenters. The molecule has 3 rings (SSSR count). The zero-order valence-electron chi connectivity index (χ0n) is 15.3. The molecule has 1 amide bonds. The van der Waals surface area contributed by atoms with Crippen molar-refractivity contribution >= 4 is 18.3 Å². The molecule has 2 saturated heterocycles. The number of ether oxygens (including phenoxy) is 1. The molecule has 2 heterocycles. The number of carbonyl (C=O) groups is 1. The molecule has 25 heavy (non-hydrogen) atoms. The van der Waals surface area contributed by atoms with Gasteiger partial charge >= 0.3 is 0 Å². The number of halogens is 1. The number of hydrogen-bond donors (Lipinski definition) is 2. The fourth-order valence-corrected chi connectivity index (χ4v) is 4.19. The van der Waals surface area contributed by atoms with E-state index in [9.17, 15) is 4.79 Å².